The minimum absolute atomic E-state index is 0.113. The Bertz CT molecular complexity index is 648. The molecule has 0 aliphatic heterocycles. The predicted molar refractivity (Wildman–Crippen MR) is 84.9 cm³/mol. The summed E-state index contributed by atoms with van der Waals surface area (Å²) < 4.78 is 0. The molecule has 2 aromatic carbocycles. The first-order valence-electron chi connectivity index (χ1n) is 6.74. The lowest BCUT2D eigenvalue weighted by Gasteiger charge is -2.11. The summed E-state index contributed by atoms with van der Waals surface area (Å²) in [6.45, 7) is 8.13. The molecule has 0 N–H and O–H groups in total. The van der Waals surface area contributed by atoms with Crippen LogP contribution in [0.4, 0.5) is 0 Å². The van der Waals surface area contributed by atoms with E-state index in [2.05, 4.69) is 32.9 Å². The molecule has 0 amide bonds. The van der Waals surface area contributed by atoms with Crippen molar-refractivity contribution in [2.24, 2.45) is 0 Å². The molecule has 0 saturated heterocycles. The Morgan fingerprint density at radius 2 is 1.55 bits per heavy atom. The van der Waals surface area contributed by atoms with Gasteiger partial charge < -0.3 is 0 Å². The number of hydrogen-bond donors (Lipinski definition) is 0. The summed E-state index contributed by atoms with van der Waals surface area (Å²) in [5, 5.41) is 0.646. The highest BCUT2D eigenvalue weighted by molar-refractivity contribution is 6.31. The molecular formula is C18H19ClO. The van der Waals surface area contributed by atoms with Gasteiger partial charge in [0.15, 0.2) is 5.78 Å². The van der Waals surface area contributed by atoms with E-state index in [1.807, 2.05) is 19.1 Å². The van der Waals surface area contributed by atoms with Crippen LogP contribution in [0.3, 0.4) is 0 Å². The van der Waals surface area contributed by atoms with E-state index in [-0.39, 0.29) is 5.78 Å². The van der Waals surface area contributed by atoms with E-state index >= 15 is 0 Å². The number of rotatable bonds is 3. The number of ketones is 1. The zero-order valence-electron chi connectivity index (χ0n) is 12.4. The number of hydrogen-bond acceptors (Lipinski definition) is 1. The van der Waals surface area contributed by atoms with Gasteiger partial charge in [-0.3, -0.25) is 4.79 Å². The van der Waals surface area contributed by atoms with Crippen LogP contribution < -0.4 is 0 Å². The molecule has 0 aliphatic carbocycles. The first kappa shape index (κ1) is 14.8. The summed E-state index contributed by atoms with van der Waals surface area (Å²) in [4.78, 5) is 12.4. The third kappa shape index (κ3) is 3.10. The SMILES string of the molecule is Cc1cc(C)c(CC(=O)c2ccc(C)c(Cl)c2)c(C)c1. The lowest BCUT2D eigenvalue weighted by atomic mass is 9.93. The smallest absolute Gasteiger partial charge is 0.167 e. The number of benzene rings is 2. The summed E-state index contributed by atoms with van der Waals surface area (Å²) in [6.07, 6.45) is 0.428. The maximum atomic E-state index is 12.4. The maximum absolute atomic E-state index is 12.4. The number of halogens is 1. The number of Topliss-reactive ketones (excluding diaryl/α,β-unsaturated/α-hetero) is 1. The Morgan fingerprint density at radius 1 is 0.950 bits per heavy atom. The third-order valence-corrected chi connectivity index (χ3v) is 4.08. The zero-order valence-corrected chi connectivity index (χ0v) is 13.1. The quantitative estimate of drug-likeness (QED) is 0.726. The van der Waals surface area contributed by atoms with Gasteiger partial charge in [-0.25, -0.2) is 0 Å². The van der Waals surface area contributed by atoms with Gasteiger partial charge in [-0.1, -0.05) is 41.4 Å². The third-order valence-electron chi connectivity index (χ3n) is 3.67. The zero-order chi connectivity index (χ0) is 14.9. The van der Waals surface area contributed by atoms with Crippen molar-refractivity contribution < 1.29 is 4.79 Å². The van der Waals surface area contributed by atoms with Crippen molar-refractivity contribution in [2.75, 3.05) is 0 Å². The van der Waals surface area contributed by atoms with E-state index in [0.717, 1.165) is 11.1 Å². The highest BCUT2D eigenvalue weighted by atomic mass is 35.5. The molecule has 0 saturated carbocycles. The highest BCUT2D eigenvalue weighted by Crippen LogP contribution is 2.21. The lowest BCUT2D eigenvalue weighted by molar-refractivity contribution is 0.0992. The van der Waals surface area contributed by atoms with Gasteiger partial charge in [0, 0.05) is 17.0 Å². The van der Waals surface area contributed by atoms with Crippen LogP contribution in [0, 0.1) is 27.7 Å². The Labute approximate surface area is 125 Å². The molecule has 0 spiro atoms. The van der Waals surface area contributed by atoms with Crippen LogP contribution in [0.1, 0.15) is 38.2 Å². The number of carbonyl (C=O) groups is 1. The van der Waals surface area contributed by atoms with Crippen LogP contribution in [0.15, 0.2) is 30.3 Å². The molecule has 0 aromatic heterocycles. The van der Waals surface area contributed by atoms with Crippen LogP contribution in [0.25, 0.3) is 0 Å². The van der Waals surface area contributed by atoms with E-state index in [1.54, 1.807) is 6.07 Å². The predicted octanol–water partition coefficient (Wildman–Crippen LogP) is 5.00. The molecule has 0 unspecified atom stereocenters. The first-order chi connectivity index (χ1) is 9.38. The minimum atomic E-state index is 0.113. The van der Waals surface area contributed by atoms with Crippen LogP contribution in [-0.4, -0.2) is 5.78 Å². The largest absolute Gasteiger partial charge is 0.294 e. The molecule has 2 rings (SSSR count). The van der Waals surface area contributed by atoms with Crippen molar-refractivity contribution in [3.8, 4) is 0 Å². The van der Waals surface area contributed by atoms with Crippen LogP contribution in [0.2, 0.25) is 5.02 Å². The minimum Gasteiger partial charge on any atom is -0.294 e. The van der Waals surface area contributed by atoms with Gasteiger partial charge in [-0.2, -0.15) is 0 Å². The molecule has 2 heteroatoms. The van der Waals surface area contributed by atoms with E-state index in [0.29, 0.717) is 17.0 Å². The van der Waals surface area contributed by atoms with Gasteiger partial charge >= 0.3 is 0 Å². The van der Waals surface area contributed by atoms with Crippen molar-refractivity contribution in [1.29, 1.82) is 0 Å². The van der Waals surface area contributed by atoms with Gasteiger partial charge in [-0.05, 0) is 56.0 Å². The molecule has 2 aromatic rings. The molecule has 0 bridgehead atoms. The second-order valence-electron chi connectivity index (χ2n) is 5.44. The van der Waals surface area contributed by atoms with Gasteiger partial charge in [0.2, 0.25) is 0 Å². The average molecular weight is 287 g/mol. The molecule has 0 atom stereocenters. The van der Waals surface area contributed by atoms with E-state index in [1.165, 1.54) is 16.7 Å². The van der Waals surface area contributed by atoms with Crippen molar-refractivity contribution in [2.45, 2.75) is 34.1 Å². The number of aryl methyl sites for hydroxylation is 4. The standard InChI is InChI=1S/C18H19ClO/c1-11-7-13(3)16(14(4)8-11)10-18(20)15-6-5-12(2)17(19)9-15/h5-9H,10H2,1-4H3. The Balaban J connectivity index is 2.30. The summed E-state index contributed by atoms with van der Waals surface area (Å²) in [5.41, 5.74) is 6.38. The van der Waals surface area contributed by atoms with E-state index in [9.17, 15) is 4.79 Å². The van der Waals surface area contributed by atoms with E-state index < -0.39 is 0 Å². The Kier molecular flexibility index (Phi) is 4.29. The maximum Gasteiger partial charge on any atom is 0.167 e. The molecule has 0 radical (unpaired) electrons. The van der Waals surface area contributed by atoms with Crippen molar-refractivity contribution >= 4 is 17.4 Å². The molecule has 1 nitrogen and oxygen atoms in total. The Hall–Kier alpha value is -1.60. The average Bonchev–Trinajstić information content (AvgIpc) is 2.36. The lowest BCUT2D eigenvalue weighted by Crippen LogP contribution is -2.07. The van der Waals surface area contributed by atoms with Gasteiger partial charge in [-0.15, -0.1) is 0 Å². The summed E-state index contributed by atoms with van der Waals surface area (Å²) in [6, 6.07) is 9.75. The van der Waals surface area contributed by atoms with Crippen LogP contribution in [0.5, 0.6) is 0 Å². The normalized spacial score (nSPS) is 10.7. The van der Waals surface area contributed by atoms with Gasteiger partial charge in [0.1, 0.15) is 0 Å². The fourth-order valence-electron chi connectivity index (χ4n) is 2.52. The van der Waals surface area contributed by atoms with E-state index in [4.69, 9.17) is 11.6 Å². The van der Waals surface area contributed by atoms with Gasteiger partial charge in [0.25, 0.3) is 0 Å². The van der Waals surface area contributed by atoms with Crippen molar-refractivity contribution in [3.63, 3.8) is 0 Å². The molecule has 0 aliphatic rings. The van der Waals surface area contributed by atoms with Crippen molar-refractivity contribution in [3.05, 3.63) is 68.7 Å². The fourth-order valence-corrected chi connectivity index (χ4v) is 2.70. The van der Waals surface area contributed by atoms with Crippen LogP contribution in [-0.2, 0) is 6.42 Å². The second-order valence-corrected chi connectivity index (χ2v) is 5.85. The van der Waals surface area contributed by atoms with Crippen LogP contribution >= 0.6 is 11.6 Å². The molecule has 104 valence electrons. The molecule has 0 heterocycles. The van der Waals surface area contributed by atoms with Gasteiger partial charge in [0.05, 0.1) is 0 Å². The molecular weight excluding hydrogens is 268 g/mol. The number of carbonyl (C=O) groups excluding carboxylic acids is 1. The molecule has 0 fully saturated rings. The summed E-state index contributed by atoms with van der Waals surface area (Å²) in [7, 11) is 0. The second kappa shape index (κ2) is 5.80. The topological polar surface area (TPSA) is 17.1 Å². The Morgan fingerprint density at radius 3 is 2.10 bits per heavy atom. The highest BCUT2D eigenvalue weighted by Gasteiger charge is 2.12. The molecule has 20 heavy (non-hydrogen) atoms. The monoisotopic (exact) mass is 286 g/mol. The first-order valence-corrected chi connectivity index (χ1v) is 7.12. The fraction of sp³-hybridized carbons (Fsp3) is 0.278. The summed E-state index contributed by atoms with van der Waals surface area (Å²) in [5.74, 6) is 0.113. The van der Waals surface area contributed by atoms with Crippen molar-refractivity contribution in [1.82, 2.24) is 0 Å². The summed E-state index contributed by atoms with van der Waals surface area (Å²) >= 11 is 6.09.